The van der Waals surface area contributed by atoms with Crippen LogP contribution in [0.4, 0.5) is 0 Å². The summed E-state index contributed by atoms with van der Waals surface area (Å²) in [4.78, 5) is 45.5. The van der Waals surface area contributed by atoms with Crippen LogP contribution in [0.5, 0.6) is 46.0 Å². The number of allylic oxidation sites excluding steroid dienone is 4. The van der Waals surface area contributed by atoms with Gasteiger partial charge in [-0.15, -0.1) is 0 Å². The fourth-order valence-corrected chi connectivity index (χ4v) is 6.27. The van der Waals surface area contributed by atoms with Gasteiger partial charge < -0.3 is 47.5 Å². The third kappa shape index (κ3) is 19.0. The summed E-state index contributed by atoms with van der Waals surface area (Å²) in [6.07, 6.45) is 12.3. The summed E-state index contributed by atoms with van der Waals surface area (Å²) >= 11 is 0. The molecule has 0 fully saturated rings. The Morgan fingerprint density at radius 1 is 0.556 bits per heavy atom. The Bertz CT molecular complexity index is 2690. The highest BCUT2D eigenvalue weighted by atomic mass is 17.2. The lowest BCUT2D eigenvalue weighted by atomic mass is 9.98. The molecule has 5 aromatic carbocycles. The van der Waals surface area contributed by atoms with E-state index in [0.29, 0.717) is 96.2 Å². The lowest BCUT2D eigenvalue weighted by Gasteiger charge is -2.14. The number of benzene rings is 5. The standard InChI is InChI=1S/C33H34O10.C25H24O4/c1-4-18-41-42-22-7-20-37-28-12-14-29(15-13-28)39-24-40-31-17-16-30(23-25(31)3)43-33(35)26-8-10-27(11-9-26)36-19-6-21-38-32(34)5-2;1-4-19-6-10-21(11-7-19)25(26)29-23-14-15-24(18(3)16-23)28-17-27-22-12-8-20(5-2)9-13-22/h5,8-18,23H,1-2,6-7,19-22,24H2,3H3;4-6,8-10,12-16H,1-2,7,11,17H2,3H3. The minimum absolute atomic E-state index is 0.00887. The zero-order chi connectivity index (χ0) is 51.3. The molecule has 0 radical (unpaired) electrons. The number of carbonyl (C=O) groups is 3. The van der Waals surface area contributed by atoms with Gasteiger partial charge in [-0.05, 0) is 146 Å². The van der Waals surface area contributed by atoms with Crippen molar-refractivity contribution in [2.45, 2.75) is 39.5 Å². The maximum Gasteiger partial charge on any atom is 0.343 e. The van der Waals surface area contributed by atoms with Gasteiger partial charge >= 0.3 is 17.9 Å². The molecule has 0 atom stereocenters. The molecule has 0 bridgehead atoms. The molecule has 0 spiro atoms. The Labute approximate surface area is 420 Å². The Hall–Kier alpha value is -8.71. The average Bonchev–Trinajstić information content (AvgIpc) is 3.40. The summed E-state index contributed by atoms with van der Waals surface area (Å²) in [5.41, 5.74) is 7.24. The van der Waals surface area contributed by atoms with E-state index in [2.05, 4.69) is 36.9 Å². The van der Waals surface area contributed by atoms with Crippen molar-refractivity contribution in [2.24, 2.45) is 0 Å². The molecule has 14 nitrogen and oxygen atoms in total. The molecule has 1 aliphatic carbocycles. The number of hydrogen-bond donors (Lipinski definition) is 0. The van der Waals surface area contributed by atoms with Crippen molar-refractivity contribution in [1.29, 1.82) is 0 Å². The van der Waals surface area contributed by atoms with Gasteiger partial charge in [0.25, 0.3) is 0 Å². The van der Waals surface area contributed by atoms with Gasteiger partial charge in [0, 0.05) is 24.5 Å². The molecule has 0 saturated carbocycles. The van der Waals surface area contributed by atoms with Gasteiger partial charge in [-0.25, -0.2) is 14.4 Å². The van der Waals surface area contributed by atoms with E-state index in [1.54, 1.807) is 103 Å². The van der Waals surface area contributed by atoms with Crippen LogP contribution in [0.1, 0.15) is 52.7 Å². The highest BCUT2D eigenvalue weighted by Gasteiger charge is 2.16. The average molecular weight is 979 g/mol. The van der Waals surface area contributed by atoms with E-state index in [1.807, 2.05) is 44.2 Å². The molecule has 72 heavy (non-hydrogen) atoms. The summed E-state index contributed by atoms with van der Waals surface area (Å²) in [6.45, 7) is 19.4. The van der Waals surface area contributed by atoms with Crippen LogP contribution in [0.15, 0.2) is 183 Å². The van der Waals surface area contributed by atoms with Crippen LogP contribution in [-0.2, 0) is 24.1 Å². The van der Waals surface area contributed by atoms with E-state index >= 15 is 0 Å². The van der Waals surface area contributed by atoms with Crippen molar-refractivity contribution in [1.82, 2.24) is 0 Å². The SMILES string of the molecule is C=C=COOCCCOc1ccc(OCOc2ccc(OC(=O)c3ccc(OCCCOC(=O)C=C)cc3)cc2C)cc1.C=CC1=CC=C(C(=O)Oc2ccc(OCOc3ccc(C=C)cc3)c(C)c2)CC1. The number of esters is 3. The molecule has 1 aliphatic rings. The van der Waals surface area contributed by atoms with E-state index in [0.717, 1.165) is 34.8 Å². The first-order valence-corrected chi connectivity index (χ1v) is 22.9. The topological polar surface area (TPSA) is 153 Å². The van der Waals surface area contributed by atoms with Gasteiger partial charge in [-0.3, -0.25) is 0 Å². The lowest BCUT2D eigenvalue weighted by molar-refractivity contribution is -0.249. The lowest BCUT2D eigenvalue weighted by Crippen LogP contribution is -2.13. The van der Waals surface area contributed by atoms with Crippen molar-refractivity contribution in [2.75, 3.05) is 40.0 Å². The second-order valence-corrected chi connectivity index (χ2v) is 15.4. The van der Waals surface area contributed by atoms with Crippen molar-refractivity contribution in [3.63, 3.8) is 0 Å². The Balaban J connectivity index is 0.000000288. The second kappa shape index (κ2) is 30.0. The summed E-state index contributed by atoms with van der Waals surface area (Å²) in [6, 6.07) is 31.7. The normalized spacial score (nSPS) is 11.2. The van der Waals surface area contributed by atoms with Crippen LogP contribution in [-0.4, -0.2) is 57.9 Å². The van der Waals surface area contributed by atoms with Crippen molar-refractivity contribution in [3.05, 3.63) is 205 Å². The molecule has 0 N–H and O–H groups in total. The van der Waals surface area contributed by atoms with Crippen LogP contribution < -0.4 is 37.9 Å². The maximum absolute atomic E-state index is 12.6. The third-order valence-corrected chi connectivity index (χ3v) is 10.1. The first-order valence-electron chi connectivity index (χ1n) is 22.9. The quantitative estimate of drug-likeness (QED) is 0.00564. The molecule has 374 valence electrons. The zero-order valence-corrected chi connectivity index (χ0v) is 40.5. The van der Waals surface area contributed by atoms with E-state index in [4.69, 9.17) is 47.5 Å². The highest BCUT2D eigenvalue weighted by molar-refractivity contribution is 5.91. The molecular weight excluding hydrogens is 921 g/mol. The highest BCUT2D eigenvalue weighted by Crippen LogP contribution is 2.28. The third-order valence-electron chi connectivity index (χ3n) is 10.1. The summed E-state index contributed by atoms with van der Waals surface area (Å²) in [5, 5.41) is 0. The minimum atomic E-state index is -0.505. The van der Waals surface area contributed by atoms with Crippen molar-refractivity contribution < 1.29 is 66.8 Å². The van der Waals surface area contributed by atoms with Crippen LogP contribution in [0, 0.1) is 13.8 Å². The largest absolute Gasteiger partial charge is 0.494 e. The van der Waals surface area contributed by atoms with Crippen LogP contribution >= 0.6 is 0 Å². The molecule has 0 heterocycles. The van der Waals surface area contributed by atoms with E-state index in [-0.39, 0.29) is 26.2 Å². The van der Waals surface area contributed by atoms with Gasteiger partial charge in [0.15, 0.2) is 6.26 Å². The molecule has 5 aromatic rings. The van der Waals surface area contributed by atoms with E-state index in [1.165, 1.54) is 6.26 Å². The maximum atomic E-state index is 12.6. The fourth-order valence-electron chi connectivity index (χ4n) is 6.27. The molecule has 14 heteroatoms. The molecule has 0 aromatic heterocycles. The first kappa shape index (κ1) is 54.2. The van der Waals surface area contributed by atoms with Crippen LogP contribution in [0.2, 0.25) is 0 Å². The number of aryl methyl sites for hydroxylation is 2. The summed E-state index contributed by atoms with van der Waals surface area (Å²) < 4.78 is 49.8. The Kier molecular flexibility index (Phi) is 22.6. The van der Waals surface area contributed by atoms with Crippen LogP contribution in [0.3, 0.4) is 0 Å². The number of rotatable bonds is 27. The minimum Gasteiger partial charge on any atom is -0.494 e. The van der Waals surface area contributed by atoms with Crippen molar-refractivity contribution >= 4 is 24.0 Å². The smallest absolute Gasteiger partial charge is 0.343 e. The molecule has 0 aliphatic heterocycles. The van der Waals surface area contributed by atoms with Gasteiger partial charge in [-0.2, -0.15) is 4.89 Å². The molecule has 0 amide bonds. The van der Waals surface area contributed by atoms with E-state index in [9.17, 15) is 14.4 Å². The summed E-state index contributed by atoms with van der Waals surface area (Å²) in [7, 11) is 0. The predicted octanol–water partition coefficient (Wildman–Crippen LogP) is 11.9. The molecule has 0 unspecified atom stereocenters. The zero-order valence-electron chi connectivity index (χ0n) is 40.5. The molecular formula is C58H58O14. The summed E-state index contributed by atoms with van der Waals surface area (Å²) in [5.74, 6) is 3.45. The van der Waals surface area contributed by atoms with Crippen molar-refractivity contribution in [3.8, 4) is 46.0 Å². The van der Waals surface area contributed by atoms with Crippen LogP contribution in [0.25, 0.3) is 6.08 Å². The van der Waals surface area contributed by atoms with E-state index < -0.39 is 11.9 Å². The molecule has 0 saturated heterocycles. The Morgan fingerprint density at radius 2 is 1.07 bits per heavy atom. The Morgan fingerprint density at radius 3 is 1.57 bits per heavy atom. The number of hydrogen-bond acceptors (Lipinski definition) is 14. The van der Waals surface area contributed by atoms with Gasteiger partial charge in [-0.1, -0.05) is 68.5 Å². The van der Waals surface area contributed by atoms with Gasteiger partial charge in [0.2, 0.25) is 13.6 Å². The molecule has 6 rings (SSSR count). The first-order chi connectivity index (χ1) is 35.1. The number of ether oxygens (including phenoxy) is 9. The van der Waals surface area contributed by atoms with Gasteiger partial charge in [0.1, 0.15) is 46.0 Å². The fraction of sp³-hybridized carbons (Fsp3) is 0.207. The number of carbonyl (C=O) groups excluding carboxylic acids is 3. The monoisotopic (exact) mass is 978 g/mol. The second-order valence-electron chi connectivity index (χ2n) is 15.4. The predicted molar refractivity (Wildman–Crippen MR) is 272 cm³/mol. The van der Waals surface area contributed by atoms with Gasteiger partial charge in [0.05, 0.1) is 32.0 Å².